The maximum Gasteiger partial charge on any atom is 0.410 e. The van der Waals surface area contributed by atoms with Gasteiger partial charge < -0.3 is 14.4 Å². The predicted molar refractivity (Wildman–Crippen MR) is 120 cm³/mol. The van der Waals surface area contributed by atoms with E-state index in [0.29, 0.717) is 23.7 Å². The van der Waals surface area contributed by atoms with Gasteiger partial charge in [-0.2, -0.15) is 0 Å². The summed E-state index contributed by atoms with van der Waals surface area (Å²) in [5.74, 6) is 2.04. The van der Waals surface area contributed by atoms with Crippen molar-refractivity contribution in [2.75, 3.05) is 20.2 Å². The van der Waals surface area contributed by atoms with Gasteiger partial charge in [0, 0.05) is 13.1 Å². The Balaban J connectivity index is 0.000000735. The first-order valence-corrected chi connectivity index (χ1v) is 11.9. The molecule has 1 amide bonds. The number of nitrogens with zero attached hydrogens (tertiary/aromatic N) is 1. The maximum atomic E-state index is 12.7. The first-order chi connectivity index (χ1) is 14.3. The van der Waals surface area contributed by atoms with E-state index in [1.165, 1.54) is 57.6 Å². The second kappa shape index (κ2) is 11.8. The number of methoxy groups -OCH3 is 1. The SMILES string of the molecule is C=C1CC(C)CC(C(C)OC(=O)N2CCC3(CCC(CC)CC3)CC2)C1.COC=O. The third-order valence-corrected chi connectivity index (χ3v) is 7.77. The van der Waals surface area contributed by atoms with Gasteiger partial charge in [0.05, 0.1) is 7.11 Å². The largest absolute Gasteiger partial charge is 0.471 e. The highest BCUT2D eigenvalue weighted by Crippen LogP contribution is 2.47. The standard InChI is InChI=1S/C23H39NO2.C2H4O2/c1-5-20-6-8-23(9-7-20)10-12-24(13-11-23)22(25)26-19(4)21-15-17(2)14-18(3)16-21;1-4-2-3/h18-21H,2,5-16H2,1,3-4H3;2H,1H3. The van der Waals surface area contributed by atoms with Crippen molar-refractivity contribution >= 4 is 12.6 Å². The highest BCUT2D eigenvalue weighted by Gasteiger charge is 2.39. The highest BCUT2D eigenvalue weighted by atomic mass is 16.6. The fraction of sp³-hybridized carbons (Fsp3) is 0.840. The molecule has 5 nitrogen and oxygen atoms in total. The summed E-state index contributed by atoms with van der Waals surface area (Å²) in [6.07, 6.45) is 12.4. The minimum atomic E-state index is -0.0848. The zero-order chi connectivity index (χ0) is 22.1. The molecule has 2 aliphatic carbocycles. The second-order valence-corrected chi connectivity index (χ2v) is 10.0. The van der Waals surface area contributed by atoms with Gasteiger partial charge in [-0.3, -0.25) is 4.79 Å². The molecule has 3 aliphatic rings. The lowest BCUT2D eigenvalue weighted by atomic mass is 9.65. The lowest BCUT2D eigenvalue weighted by Gasteiger charge is -2.46. The van der Waals surface area contributed by atoms with Crippen molar-refractivity contribution in [2.45, 2.75) is 91.1 Å². The molecular formula is C25H43NO4. The maximum absolute atomic E-state index is 12.7. The Bertz CT molecular complexity index is 557. The minimum absolute atomic E-state index is 0.00196. The molecule has 0 N–H and O–H groups in total. The summed E-state index contributed by atoms with van der Waals surface area (Å²) in [6, 6.07) is 0. The summed E-state index contributed by atoms with van der Waals surface area (Å²) < 4.78 is 9.74. The fourth-order valence-electron chi connectivity index (χ4n) is 5.68. The summed E-state index contributed by atoms with van der Waals surface area (Å²) >= 11 is 0. The zero-order valence-corrected chi connectivity index (χ0v) is 19.7. The van der Waals surface area contributed by atoms with E-state index in [1.807, 2.05) is 4.90 Å². The first kappa shape index (κ1) is 24.7. The van der Waals surface area contributed by atoms with Crippen LogP contribution in [0, 0.1) is 23.2 Å². The van der Waals surface area contributed by atoms with Crippen molar-refractivity contribution in [1.82, 2.24) is 4.90 Å². The number of rotatable bonds is 4. The van der Waals surface area contributed by atoms with E-state index in [0.717, 1.165) is 38.3 Å². The number of hydrogen-bond donors (Lipinski definition) is 0. The van der Waals surface area contributed by atoms with Crippen LogP contribution in [-0.2, 0) is 14.3 Å². The van der Waals surface area contributed by atoms with Crippen LogP contribution in [0.15, 0.2) is 12.2 Å². The van der Waals surface area contributed by atoms with Crippen LogP contribution in [0.25, 0.3) is 0 Å². The Kier molecular flexibility index (Phi) is 9.70. The molecule has 172 valence electrons. The van der Waals surface area contributed by atoms with Gasteiger partial charge in [0.15, 0.2) is 0 Å². The molecule has 0 radical (unpaired) electrons. The Hall–Kier alpha value is -1.52. The number of ether oxygens (including phenoxy) is 2. The van der Waals surface area contributed by atoms with Gasteiger partial charge in [-0.05, 0) is 87.9 Å². The van der Waals surface area contributed by atoms with Crippen molar-refractivity contribution in [2.24, 2.45) is 23.2 Å². The molecule has 1 spiro atoms. The van der Waals surface area contributed by atoms with Gasteiger partial charge in [-0.15, -0.1) is 0 Å². The number of likely N-dealkylation sites (tertiary alicyclic amines) is 1. The monoisotopic (exact) mass is 421 g/mol. The molecule has 0 aromatic carbocycles. The second-order valence-electron chi connectivity index (χ2n) is 10.0. The summed E-state index contributed by atoms with van der Waals surface area (Å²) in [7, 11) is 1.31. The molecule has 1 aliphatic heterocycles. The average molecular weight is 422 g/mol. The smallest absolute Gasteiger partial charge is 0.410 e. The third kappa shape index (κ3) is 7.02. The average Bonchev–Trinajstić information content (AvgIpc) is 2.74. The van der Waals surface area contributed by atoms with Crippen molar-refractivity contribution in [3.8, 4) is 0 Å². The number of allylic oxidation sites excluding steroid dienone is 1. The van der Waals surface area contributed by atoms with Crippen LogP contribution in [0.5, 0.6) is 0 Å². The topological polar surface area (TPSA) is 55.8 Å². The van der Waals surface area contributed by atoms with Gasteiger partial charge >= 0.3 is 6.09 Å². The fourth-order valence-corrected chi connectivity index (χ4v) is 5.68. The van der Waals surface area contributed by atoms with Crippen LogP contribution in [0.4, 0.5) is 4.79 Å². The number of carbonyl (C=O) groups is 2. The quantitative estimate of drug-likeness (QED) is 0.414. The van der Waals surface area contributed by atoms with E-state index < -0.39 is 0 Å². The molecule has 1 saturated heterocycles. The van der Waals surface area contributed by atoms with Crippen LogP contribution in [0.1, 0.15) is 85.0 Å². The molecule has 0 aromatic heterocycles. The number of hydrogen-bond acceptors (Lipinski definition) is 4. The normalized spacial score (nSPS) is 27.6. The molecule has 0 aromatic rings. The van der Waals surface area contributed by atoms with Crippen LogP contribution in [0.3, 0.4) is 0 Å². The molecule has 30 heavy (non-hydrogen) atoms. The Labute approximate surface area is 183 Å². The van der Waals surface area contributed by atoms with E-state index >= 15 is 0 Å². The van der Waals surface area contributed by atoms with Crippen LogP contribution in [-0.4, -0.2) is 43.8 Å². The number of amides is 1. The number of piperidine rings is 1. The Morgan fingerprint density at radius 1 is 1.23 bits per heavy atom. The lowest BCUT2D eigenvalue weighted by Crippen LogP contribution is -2.45. The summed E-state index contributed by atoms with van der Waals surface area (Å²) in [4.78, 5) is 23.6. The Morgan fingerprint density at radius 2 is 1.83 bits per heavy atom. The zero-order valence-electron chi connectivity index (χ0n) is 19.7. The molecule has 2 saturated carbocycles. The summed E-state index contributed by atoms with van der Waals surface area (Å²) in [6.45, 7) is 13.0. The molecule has 1 heterocycles. The lowest BCUT2D eigenvalue weighted by molar-refractivity contribution is -0.126. The summed E-state index contributed by atoms with van der Waals surface area (Å²) in [5.41, 5.74) is 1.84. The Morgan fingerprint density at radius 3 is 2.33 bits per heavy atom. The van der Waals surface area contributed by atoms with Crippen LogP contribution < -0.4 is 0 Å². The molecule has 3 fully saturated rings. The first-order valence-electron chi connectivity index (χ1n) is 11.9. The molecule has 3 rings (SSSR count). The van der Waals surface area contributed by atoms with E-state index in [1.54, 1.807) is 0 Å². The van der Waals surface area contributed by atoms with Crippen molar-refractivity contribution in [1.29, 1.82) is 0 Å². The van der Waals surface area contributed by atoms with Crippen molar-refractivity contribution in [3.05, 3.63) is 12.2 Å². The molecule has 5 heteroatoms. The van der Waals surface area contributed by atoms with E-state index in [2.05, 4.69) is 32.1 Å². The van der Waals surface area contributed by atoms with E-state index in [9.17, 15) is 4.79 Å². The molecule has 3 unspecified atom stereocenters. The highest BCUT2D eigenvalue weighted by molar-refractivity contribution is 5.68. The van der Waals surface area contributed by atoms with Gasteiger partial charge in [0.25, 0.3) is 6.47 Å². The van der Waals surface area contributed by atoms with Gasteiger partial charge in [0.1, 0.15) is 6.10 Å². The van der Waals surface area contributed by atoms with Gasteiger partial charge in [-0.25, -0.2) is 4.79 Å². The van der Waals surface area contributed by atoms with E-state index in [-0.39, 0.29) is 12.2 Å². The van der Waals surface area contributed by atoms with Crippen LogP contribution in [0.2, 0.25) is 0 Å². The molecule has 0 bridgehead atoms. The predicted octanol–water partition coefficient (Wildman–Crippen LogP) is 5.98. The van der Waals surface area contributed by atoms with Crippen molar-refractivity contribution in [3.63, 3.8) is 0 Å². The van der Waals surface area contributed by atoms with Crippen LogP contribution >= 0.6 is 0 Å². The molecular weight excluding hydrogens is 378 g/mol. The van der Waals surface area contributed by atoms with Gasteiger partial charge in [-0.1, -0.05) is 32.4 Å². The van der Waals surface area contributed by atoms with Gasteiger partial charge in [0.2, 0.25) is 0 Å². The minimum Gasteiger partial charge on any atom is -0.471 e. The van der Waals surface area contributed by atoms with E-state index in [4.69, 9.17) is 9.53 Å². The van der Waals surface area contributed by atoms with Crippen molar-refractivity contribution < 1.29 is 19.1 Å². The third-order valence-electron chi connectivity index (χ3n) is 7.77. The molecule has 3 atom stereocenters. The summed E-state index contributed by atoms with van der Waals surface area (Å²) in [5, 5.41) is 0. The number of carbonyl (C=O) groups excluding carboxylic acids is 2.